The second kappa shape index (κ2) is 4.46. The Hall–Kier alpha value is -1.12. The first-order valence-corrected chi connectivity index (χ1v) is 8.77. The predicted molar refractivity (Wildman–Crippen MR) is 71.2 cm³/mol. The van der Waals surface area contributed by atoms with E-state index in [0.29, 0.717) is 3.57 Å². The molecule has 19 heavy (non-hydrogen) atoms. The van der Waals surface area contributed by atoms with Crippen LogP contribution in [0.4, 0.5) is 18.0 Å². The van der Waals surface area contributed by atoms with E-state index in [4.69, 9.17) is 0 Å². The third-order valence-electron chi connectivity index (χ3n) is 2.97. The molecule has 0 saturated carbocycles. The third kappa shape index (κ3) is 2.35. The van der Waals surface area contributed by atoms with Crippen molar-refractivity contribution in [3.05, 3.63) is 32.9 Å². The number of benzene rings is 1. The van der Waals surface area contributed by atoms with Gasteiger partial charge in [0.25, 0.3) is 0 Å². The zero-order valence-corrected chi connectivity index (χ0v) is 11.8. The Kier molecular flexibility index (Phi) is 3.03. The number of alkyl halides is 3. The molecule has 0 aromatic heterocycles. The van der Waals surface area contributed by atoms with Gasteiger partial charge in [-0.05, 0) is 0 Å². The number of rotatable bonds is 1. The molecule has 1 aromatic carbocycles. The molecule has 0 unspecified atom stereocenters. The van der Waals surface area contributed by atoms with Gasteiger partial charge < -0.3 is 0 Å². The average Bonchev–Trinajstić information content (AvgIpc) is 2.69. The molecule has 7 heteroatoms. The van der Waals surface area contributed by atoms with E-state index >= 15 is 0 Å². The van der Waals surface area contributed by atoms with E-state index in [1.54, 1.807) is 12.1 Å². The van der Waals surface area contributed by atoms with Gasteiger partial charge in [-0.25, -0.2) is 0 Å². The number of hydrogen-bond acceptors (Lipinski definition) is 3. The molecule has 3 rings (SSSR count). The zero-order chi connectivity index (χ0) is 13.6. The van der Waals surface area contributed by atoms with Crippen molar-refractivity contribution in [1.82, 2.24) is 0 Å². The molecule has 0 fully saturated rings. The summed E-state index contributed by atoms with van der Waals surface area (Å²) in [5, 5.41) is 0. The van der Waals surface area contributed by atoms with Gasteiger partial charge in [-0.3, -0.25) is 0 Å². The van der Waals surface area contributed by atoms with Crippen molar-refractivity contribution < 1.29 is 22.7 Å². The minimum absolute atomic E-state index is 0.686. The molecule has 2 aliphatic rings. The second-order valence-electron chi connectivity index (χ2n) is 4.21. The summed E-state index contributed by atoms with van der Waals surface area (Å²) in [6, 6.07) is 5.44. The fourth-order valence-corrected chi connectivity index (χ4v) is 6.47. The number of carbonyl (C=O) groups is 1. The maximum atomic E-state index is 12.1. The quantitative estimate of drug-likeness (QED) is 0.542. The third-order valence-corrected chi connectivity index (χ3v) is 7.09. The van der Waals surface area contributed by atoms with Crippen molar-refractivity contribution in [3.63, 3.8) is 0 Å². The van der Waals surface area contributed by atoms with Crippen LogP contribution in [0.2, 0.25) is 0 Å². The summed E-state index contributed by atoms with van der Waals surface area (Å²) in [7, 11) is 0. The molecule has 3 nitrogen and oxygen atoms in total. The van der Waals surface area contributed by atoms with Crippen LogP contribution >= 0.6 is 20.1 Å². The first-order chi connectivity index (χ1) is 8.96. The van der Waals surface area contributed by atoms with Gasteiger partial charge in [0.05, 0.1) is 0 Å². The summed E-state index contributed by atoms with van der Waals surface area (Å²) in [5.74, 6) is 0. The number of aryl methyl sites for hydroxylation is 1. The van der Waals surface area contributed by atoms with Crippen molar-refractivity contribution in [2.24, 2.45) is 3.21 Å². The SMILES string of the molecule is O=C(OC(F)(F)F)I1N=C2CCCc3cccc1c32. The van der Waals surface area contributed by atoms with Crippen LogP contribution in [0.15, 0.2) is 21.4 Å². The topological polar surface area (TPSA) is 38.7 Å². The molecule has 1 aliphatic heterocycles. The van der Waals surface area contributed by atoms with Crippen LogP contribution < -0.4 is 0 Å². The monoisotopic (exact) mass is 383 g/mol. The second-order valence-corrected chi connectivity index (χ2v) is 8.24. The van der Waals surface area contributed by atoms with Gasteiger partial charge in [0.15, 0.2) is 0 Å². The van der Waals surface area contributed by atoms with Crippen molar-refractivity contribution in [3.8, 4) is 0 Å². The van der Waals surface area contributed by atoms with Crippen molar-refractivity contribution >= 4 is 29.8 Å². The molecule has 1 heterocycles. The summed E-state index contributed by atoms with van der Waals surface area (Å²) in [5.41, 5.74) is 2.79. The normalized spacial score (nSPS) is 18.9. The average molecular weight is 383 g/mol. The van der Waals surface area contributed by atoms with E-state index < -0.39 is 30.4 Å². The van der Waals surface area contributed by atoms with Crippen LogP contribution in [-0.2, 0) is 11.2 Å². The molecular weight excluding hydrogens is 374 g/mol. The van der Waals surface area contributed by atoms with Crippen molar-refractivity contribution in [1.29, 1.82) is 0 Å². The van der Waals surface area contributed by atoms with Crippen LogP contribution in [0.5, 0.6) is 0 Å². The first kappa shape index (κ1) is 12.9. The molecule has 0 radical (unpaired) electrons. The Bertz CT molecular complexity index is 583. The minimum atomic E-state index is -4.93. The summed E-state index contributed by atoms with van der Waals surface area (Å²) >= 11 is -2.93. The standard InChI is InChI=1S/C12H9F3INO2/c13-12(14,15)19-11(18)16-8-5-1-3-7-4-2-6-9(17-16)10(7)8/h1,3,5H,2,4,6H2. The summed E-state index contributed by atoms with van der Waals surface area (Å²) in [4.78, 5) is 11.6. The summed E-state index contributed by atoms with van der Waals surface area (Å²) < 4.78 is 43.7. The van der Waals surface area contributed by atoms with Crippen LogP contribution in [0.3, 0.4) is 0 Å². The number of nitrogens with zero attached hydrogens (tertiary/aromatic N) is 1. The van der Waals surface area contributed by atoms with Gasteiger partial charge in [-0.1, -0.05) is 0 Å². The van der Waals surface area contributed by atoms with E-state index in [0.717, 1.165) is 36.1 Å². The molecule has 1 aliphatic carbocycles. The van der Waals surface area contributed by atoms with E-state index in [-0.39, 0.29) is 0 Å². The first-order valence-electron chi connectivity index (χ1n) is 5.65. The van der Waals surface area contributed by atoms with Crippen molar-refractivity contribution in [2.75, 3.05) is 0 Å². The Balaban J connectivity index is 1.98. The molecule has 0 spiro atoms. The number of ether oxygens (including phenoxy) is 1. The van der Waals surface area contributed by atoms with Crippen LogP contribution in [0.25, 0.3) is 0 Å². The van der Waals surface area contributed by atoms with E-state index in [1.165, 1.54) is 0 Å². The molecule has 0 saturated heterocycles. The molecule has 0 atom stereocenters. The van der Waals surface area contributed by atoms with Crippen LogP contribution in [-0.4, -0.2) is 16.1 Å². The van der Waals surface area contributed by atoms with Gasteiger partial charge in [-0.15, -0.1) is 0 Å². The fraction of sp³-hybridized carbons (Fsp3) is 0.333. The Morgan fingerprint density at radius 1 is 1.32 bits per heavy atom. The van der Waals surface area contributed by atoms with Gasteiger partial charge >= 0.3 is 114 Å². The fourth-order valence-electron chi connectivity index (χ4n) is 2.30. The molecule has 0 amide bonds. The molecular formula is C12H9F3INO2. The number of carbonyl (C=O) groups excluding carboxylic acids is 1. The Morgan fingerprint density at radius 3 is 2.84 bits per heavy atom. The Labute approximate surface area is 114 Å². The summed E-state index contributed by atoms with van der Waals surface area (Å²) in [6.07, 6.45) is -2.38. The van der Waals surface area contributed by atoms with E-state index in [2.05, 4.69) is 7.94 Å². The molecule has 102 valence electrons. The summed E-state index contributed by atoms with van der Waals surface area (Å²) in [6.45, 7) is 0. The number of hydrogen-bond donors (Lipinski definition) is 0. The molecule has 0 N–H and O–H groups in total. The van der Waals surface area contributed by atoms with Gasteiger partial charge in [0, 0.05) is 0 Å². The van der Waals surface area contributed by atoms with Gasteiger partial charge in [-0.2, -0.15) is 0 Å². The van der Waals surface area contributed by atoms with Crippen molar-refractivity contribution in [2.45, 2.75) is 25.6 Å². The number of halogens is 4. The zero-order valence-electron chi connectivity index (χ0n) is 9.63. The molecule has 0 bridgehead atoms. The van der Waals surface area contributed by atoms with Gasteiger partial charge in [0.2, 0.25) is 0 Å². The van der Waals surface area contributed by atoms with Crippen LogP contribution in [0, 0.1) is 3.57 Å². The van der Waals surface area contributed by atoms with Crippen LogP contribution in [0.1, 0.15) is 24.0 Å². The maximum absolute atomic E-state index is 12.1. The van der Waals surface area contributed by atoms with Gasteiger partial charge in [0.1, 0.15) is 0 Å². The molecule has 1 aromatic rings. The van der Waals surface area contributed by atoms with E-state index in [9.17, 15) is 18.0 Å². The van der Waals surface area contributed by atoms with E-state index in [1.807, 2.05) is 6.07 Å². The predicted octanol–water partition coefficient (Wildman–Crippen LogP) is 4.07. The Morgan fingerprint density at radius 2 is 2.11 bits per heavy atom.